The van der Waals surface area contributed by atoms with Crippen molar-refractivity contribution in [1.82, 2.24) is 49.7 Å². The number of nitrogens with zero attached hydrogens (tertiary/aromatic N) is 10. The number of rotatable bonds is 45. The number of aromatic amines is 2. The van der Waals surface area contributed by atoms with Gasteiger partial charge in [-0.15, -0.1) is 5.06 Å². The molecule has 6 aromatic rings. The third kappa shape index (κ3) is 27.3. The Hall–Kier alpha value is -7.98. The number of nitrogen functional groups attached to an aromatic ring is 2. The maximum Gasteiger partial charge on any atom is 0.335 e. The van der Waals surface area contributed by atoms with Gasteiger partial charge in [0, 0.05) is 154 Å². The molecule has 9 rings (SSSR count). The molecule has 102 heavy (non-hydrogen) atoms. The molecule has 0 aliphatic carbocycles. The lowest BCUT2D eigenvalue weighted by Gasteiger charge is -2.36. The molecule has 31 heteroatoms. The van der Waals surface area contributed by atoms with Gasteiger partial charge in [0.2, 0.25) is 5.91 Å². The number of hydrogen-bond acceptors (Lipinski definition) is 25. The van der Waals surface area contributed by atoms with Crippen LogP contribution in [0.15, 0.2) is 36.4 Å². The van der Waals surface area contributed by atoms with Crippen LogP contribution in [0.3, 0.4) is 0 Å². The van der Waals surface area contributed by atoms with Crippen molar-refractivity contribution in [3.63, 3.8) is 0 Å². The second-order valence-corrected chi connectivity index (χ2v) is 25.0. The van der Waals surface area contributed by atoms with E-state index in [0.29, 0.717) is 89.3 Å². The Kier molecular flexibility index (Phi) is 36.0. The number of carbonyl (C=O) groups excluding carboxylic acids is 4. The number of carbonyl (C=O) groups is 6. The van der Waals surface area contributed by atoms with Crippen LogP contribution in [-0.4, -0.2) is 281 Å². The molecule has 564 valence electrons. The van der Waals surface area contributed by atoms with E-state index in [9.17, 15) is 28.8 Å². The van der Waals surface area contributed by atoms with Gasteiger partial charge in [-0.25, -0.2) is 24.7 Å². The number of imidazole rings is 2. The highest BCUT2D eigenvalue weighted by atomic mass is 16.7. The second kappa shape index (κ2) is 45.2. The van der Waals surface area contributed by atoms with E-state index in [2.05, 4.69) is 88.6 Å². The molecular weight excluding hydrogens is 1320 g/mol. The number of fused-ring (bicyclic) bond motifs is 6. The van der Waals surface area contributed by atoms with Crippen LogP contribution in [0.25, 0.3) is 43.9 Å². The highest BCUT2D eigenvalue weighted by molar-refractivity contribution is 6.08. The van der Waals surface area contributed by atoms with Gasteiger partial charge in [0.25, 0.3) is 11.8 Å². The molecule has 2 aromatic carbocycles. The number of aromatic nitrogens is 6. The third-order valence-electron chi connectivity index (χ3n) is 17.4. The Bertz CT molecular complexity index is 3530. The maximum absolute atomic E-state index is 12.8. The van der Waals surface area contributed by atoms with Crippen LogP contribution in [0.1, 0.15) is 109 Å². The normalized spacial score (nSPS) is 14.5. The number of hydroxylamine groups is 2. The first-order valence-corrected chi connectivity index (χ1v) is 35.9. The van der Waals surface area contributed by atoms with Crippen LogP contribution in [0.4, 0.5) is 23.0 Å². The number of carboxylic acids is 2. The largest absolute Gasteiger partial charge is 0.481 e. The van der Waals surface area contributed by atoms with Crippen molar-refractivity contribution < 1.29 is 81.7 Å². The molecule has 0 bridgehead atoms. The predicted molar refractivity (Wildman–Crippen MR) is 386 cm³/mol. The predicted octanol–water partition coefficient (Wildman–Crippen LogP) is 6.03. The zero-order chi connectivity index (χ0) is 72.9. The molecule has 3 saturated heterocycles. The Morgan fingerprint density at radius 2 is 0.922 bits per heavy atom. The second-order valence-electron chi connectivity index (χ2n) is 25.0. The first kappa shape index (κ1) is 81.3. The van der Waals surface area contributed by atoms with E-state index in [-0.39, 0.29) is 64.3 Å². The zero-order valence-electron chi connectivity index (χ0n) is 60.1. The number of unbranched alkanes of at least 4 members (excludes halogenated alkanes) is 4. The monoisotopic (exact) mass is 1430 g/mol. The molecule has 0 saturated carbocycles. The molecule has 3 amide bonds. The standard InChI is InChI=1S/C33H51N7O7.C28H42N6O4.C10H15NO6/c1-3-4-5-28-36-31-26-24-25(6-7-27(26)35-33(34)32(31)37-28)39-12-10-38(11-13-39)14-19-47-21-16-40(15-20-45-18-9-30(42)43)29(41)8-17-46-23-22-44-2;1-2-3-7-24-31-26-22-20-21(8-9-23(22)30-28(29)27(26)32-24)34-13-11-33(12-14-34)15-19-38-17-6-4-5-16-37-18-10-25(35)36;1-15-6-7-16-5-4-10(14)17-11-8(12)2-3-9(11)13/h6-7,24H,3-5,8-23H2,1-2H3,(H2,34,35)(H,36,37)(H,42,43);8-9,20H,2-7,10-19H2,1H3,(H2,29,30)(H,31,32)(H,35,36);2-7H2,1H3. The number of amides is 3. The van der Waals surface area contributed by atoms with Gasteiger partial charge in [-0.2, -0.15) is 0 Å². The van der Waals surface area contributed by atoms with Crippen LogP contribution < -0.4 is 21.3 Å². The third-order valence-corrected chi connectivity index (χ3v) is 17.4. The number of H-pyrrole nitrogens is 2. The van der Waals surface area contributed by atoms with Gasteiger partial charge in [-0.05, 0) is 68.5 Å². The van der Waals surface area contributed by atoms with Gasteiger partial charge in [-0.1, -0.05) is 26.7 Å². The molecule has 0 unspecified atom stereocenters. The summed E-state index contributed by atoms with van der Waals surface area (Å²) >= 11 is 0. The highest BCUT2D eigenvalue weighted by Crippen LogP contribution is 2.32. The van der Waals surface area contributed by atoms with Crippen molar-refractivity contribution in [2.45, 2.75) is 110 Å². The van der Waals surface area contributed by atoms with Crippen LogP contribution in [-0.2, 0) is 84.3 Å². The number of nitrogens with one attached hydrogen (secondary N) is 2. The van der Waals surface area contributed by atoms with E-state index in [4.69, 9.17) is 69.5 Å². The van der Waals surface area contributed by atoms with Crippen molar-refractivity contribution >= 4 is 103 Å². The molecule has 3 fully saturated rings. The number of benzene rings is 2. The lowest BCUT2D eigenvalue weighted by Crippen LogP contribution is -2.47. The zero-order valence-corrected chi connectivity index (χ0v) is 60.1. The topological polar surface area (TPSA) is 381 Å². The summed E-state index contributed by atoms with van der Waals surface area (Å²) in [5.41, 5.74) is 20.0. The van der Waals surface area contributed by atoms with Crippen molar-refractivity contribution in [3.05, 3.63) is 48.0 Å². The fraction of sp³-hybridized carbons (Fsp3) is 0.634. The average molecular weight is 1430 g/mol. The molecule has 7 heterocycles. The summed E-state index contributed by atoms with van der Waals surface area (Å²) in [6.07, 6.45) is 9.61. The molecule has 31 nitrogen and oxygen atoms in total. The Labute approximate surface area is 596 Å². The van der Waals surface area contributed by atoms with E-state index in [1.165, 1.54) is 5.69 Å². The van der Waals surface area contributed by atoms with Crippen LogP contribution >= 0.6 is 0 Å². The van der Waals surface area contributed by atoms with Gasteiger partial charge >= 0.3 is 17.9 Å². The van der Waals surface area contributed by atoms with E-state index in [1.54, 1.807) is 19.1 Å². The van der Waals surface area contributed by atoms with Crippen molar-refractivity contribution in [3.8, 4) is 0 Å². The van der Waals surface area contributed by atoms with Gasteiger partial charge in [0.05, 0.1) is 116 Å². The molecule has 8 N–H and O–H groups in total. The molecule has 4 aromatic heterocycles. The number of hydrogen-bond donors (Lipinski definition) is 6. The molecule has 0 spiro atoms. The summed E-state index contributed by atoms with van der Waals surface area (Å²) in [5, 5.41) is 20.0. The number of aliphatic carboxylic acids is 2. The summed E-state index contributed by atoms with van der Waals surface area (Å²) in [6, 6.07) is 12.7. The van der Waals surface area contributed by atoms with E-state index >= 15 is 0 Å². The fourth-order valence-corrected chi connectivity index (χ4v) is 11.6. The number of imide groups is 1. The van der Waals surface area contributed by atoms with Crippen molar-refractivity contribution in [2.75, 3.05) is 207 Å². The number of pyridine rings is 2. The maximum atomic E-state index is 12.8. The minimum atomic E-state index is -0.912. The molecule has 3 aliphatic rings. The van der Waals surface area contributed by atoms with E-state index in [0.717, 1.165) is 198 Å². The smallest absolute Gasteiger partial charge is 0.335 e. The quantitative estimate of drug-likeness (QED) is 0.0188. The average Bonchev–Trinajstić information content (AvgIpc) is 1.54. The van der Waals surface area contributed by atoms with Gasteiger partial charge in [0.15, 0.2) is 0 Å². The van der Waals surface area contributed by atoms with Gasteiger partial charge in [-0.3, -0.25) is 33.8 Å². The summed E-state index contributed by atoms with van der Waals surface area (Å²) in [7, 11) is 3.14. The lowest BCUT2D eigenvalue weighted by atomic mass is 10.1. The van der Waals surface area contributed by atoms with Crippen LogP contribution in [0.2, 0.25) is 0 Å². The minimum Gasteiger partial charge on any atom is -0.481 e. The fourth-order valence-electron chi connectivity index (χ4n) is 11.6. The number of carboxylic acid groups (broad SMARTS) is 2. The Morgan fingerprint density at radius 3 is 1.37 bits per heavy atom. The Balaban J connectivity index is 0.000000236. The SMILES string of the molecule is CCCCc1nc2c([nH]1)c(N)nc1ccc(N3CCN(CCOCCCCCOCCC(=O)O)CC3)cc12.CCCCc1nc2c([nH]1)c(N)nc1ccc(N3CCN(CCOCCN(CCOCCC(=O)O)C(=O)CCOCCOC)CC3)cc12.COCCOCCC(=O)ON1C(=O)CCC1=O. The molecule has 3 aliphatic heterocycles. The first-order chi connectivity index (χ1) is 49.6. The van der Waals surface area contributed by atoms with Crippen molar-refractivity contribution in [1.29, 1.82) is 0 Å². The lowest BCUT2D eigenvalue weighted by molar-refractivity contribution is -0.198. The van der Waals surface area contributed by atoms with Gasteiger partial charge < -0.3 is 89.1 Å². The Morgan fingerprint density at radius 1 is 0.500 bits per heavy atom. The number of nitrogens with two attached hydrogens (primary N) is 2. The number of aryl methyl sites for hydroxylation is 2. The van der Waals surface area contributed by atoms with E-state index < -0.39 is 29.7 Å². The number of ether oxygens (including phenoxy) is 8. The highest BCUT2D eigenvalue weighted by Gasteiger charge is 2.33. The molecular formula is C71H108N14O17. The van der Waals surface area contributed by atoms with Crippen molar-refractivity contribution in [2.24, 2.45) is 0 Å². The van der Waals surface area contributed by atoms with Crippen LogP contribution in [0, 0.1) is 0 Å². The summed E-state index contributed by atoms with van der Waals surface area (Å²) < 4.78 is 42.7. The summed E-state index contributed by atoms with van der Waals surface area (Å²) in [4.78, 5) is 109. The molecule has 0 radical (unpaired) electrons. The number of methoxy groups -OCH3 is 2. The summed E-state index contributed by atoms with van der Waals surface area (Å²) in [6.45, 7) is 20.5. The van der Waals surface area contributed by atoms with Gasteiger partial charge in [0.1, 0.15) is 45.4 Å². The van der Waals surface area contributed by atoms with Crippen LogP contribution in [0.5, 0.6) is 0 Å². The number of anilines is 4. The number of piperazine rings is 2. The molecule has 0 atom stereocenters. The minimum absolute atomic E-state index is 0.0131. The van der Waals surface area contributed by atoms with E-state index in [1.807, 2.05) is 6.07 Å². The summed E-state index contributed by atoms with van der Waals surface area (Å²) in [5.74, 6) is -0.488. The first-order valence-electron chi connectivity index (χ1n) is 35.9.